The summed E-state index contributed by atoms with van der Waals surface area (Å²) in [7, 11) is 0. The highest BCUT2D eigenvalue weighted by Gasteiger charge is 2.12. The molecule has 0 saturated heterocycles. The van der Waals surface area contributed by atoms with Gasteiger partial charge in [0.15, 0.2) is 0 Å². The van der Waals surface area contributed by atoms with Crippen LogP contribution >= 0.6 is 23.4 Å². The number of aryl methyl sites for hydroxylation is 1. The van der Waals surface area contributed by atoms with E-state index in [9.17, 15) is 14.0 Å². The van der Waals surface area contributed by atoms with E-state index in [1.54, 1.807) is 18.3 Å². The Morgan fingerprint density at radius 2 is 1.97 bits per heavy atom. The highest BCUT2D eigenvalue weighted by molar-refractivity contribution is 7.98. The summed E-state index contributed by atoms with van der Waals surface area (Å²) in [5.74, 6) is -0.522. The third-order valence-corrected chi connectivity index (χ3v) is 6.03. The van der Waals surface area contributed by atoms with Gasteiger partial charge in [0.1, 0.15) is 11.5 Å². The van der Waals surface area contributed by atoms with Crippen LogP contribution in [0.25, 0.3) is 5.65 Å². The fraction of sp³-hybridized carbons (Fsp3) is 0.0870. The number of anilines is 1. The molecule has 0 aliphatic heterocycles. The van der Waals surface area contributed by atoms with Crippen molar-refractivity contribution in [1.82, 2.24) is 9.38 Å². The maximum absolute atomic E-state index is 13.4. The maximum Gasteiger partial charge on any atom is 0.258 e. The van der Waals surface area contributed by atoms with Gasteiger partial charge in [0.05, 0.1) is 16.4 Å². The van der Waals surface area contributed by atoms with Crippen LogP contribution < -0.4 is 10.9 Å². The van der Waals surface area contributed by atoms with Gasteiger partial charge in [0.2, 0.25) is 0 Å². The minimum absolute atomic E-state index is 0.112. The van der Waals surface area contributed by atoms with Gasteiger partial charge in [-0.1, -0.05) is 29.8 Å². The van der Waals surface area contributed by atoms with Gasteiger partial charge < -0.3 is 5.32 Å². The van der Waals surface area contributed by atoms with E-state index in [1.165, 1.54) is 34.4 Å². The van der Waals surface area contributed by atoms with Crippen molar-refractivity contribution in [2.75, 3.05) is 5.32 Å². The highest BCUT2D eigenvalue weighted by atomic mass is 35.5. The number of fused-ring (bicyclic) bond motifs is 1. The number of aromatic nitrogens is 2. The average molecular weight is 454 g/mol. The SMILES string of the molecule is Cc1cccn2c(=O)cc(CSc3ccccc3NC(=O)c3ccc(F)c(Cl)c3)nc12. The molecular formula is C23H17ClFN3O2S. The fourth-order valence-electron chi connectivity index (χ4n) is 3.06. The summed E-state index contributed by atoms with van der Waals surface area (Å²) >= 11 is 7.24. The quantitative estimate of drug-likeness (QED) is 0.414. The number of para-hydroxylation sites is 1. The number of amides is 1. The smallest absolute Gasteiger partial charge is 0.258 e. The van der Waals surface area contributed by atoms with Crippen LogP contribution in [0.2, 0.25) is 5.02 Å². The molecule has 0 spiro atoms. The number of nitrogens with one attached hydrogen (secondary N) is 1. The highest BCUT2D eigenvalue weighted by Crippen LogP contribution is 2.30. The zero-order valence-corrected chi connectivity index (χ0v) is 18.0. The molecule has 0 atom stereocenters. The van der Waals surface area contributed by atoms with Gasteiger partial charge in [-0.25, -0.2) is 9.37 Å². The molecule has 1 amide bonds. The number of rotatable bonds is 5. The molecule has 4 aromatic rings. The first-order chi connectivity index (χ1) is 14.9. The zero-order chi connectivity index (χ0) is 22.0. The Hall–Kier alpha value is -3.16. The molecule has 2 heterocycles. The van der Waals surface area contributed by atoms with Crippen LogP contribution in [0.15, 0.2) is 76.6 Å². The van der Waals surface area contributed by atoms with E-state index in [-0.39, 0.29) is 16.1 Å². The van der Waals surface area contributed by atoms with E-state index >= 15 is 0 Å². The molecule has 1 N–H and O–H groups in total. The van der Waals surface area contributed by atoms with Crippen LogP contribution in [0, 0.1) is 12.7 Å². The first-order valence-corrected chi connectivity index (χ1v) is 10.7. The van der Waals surface area contributed by atoms with E-state index in [4.69, 9.17) is 11.6 Å². The maximum atomic E-state index is 13.4. The summed E-state index contributed by atoms with van der Waals surface area (Å²) in [5, 5.41) is 2.72. The number of pyridine rings is 1. The lowest BCUT2D eigenvalue weighted by molar-refractivity contribution is 0.102. The average Bonchev–Trinajstić information content (AvgIpc) is 2.76. The molecular weight excluding hydrogens is 437 g/mol. The molecule has 0 fully saturated rings. The number of thioether (sulfide) groups is 1. The first kappa shape index (κ1) is 21.1. The molecule has 0 aliphatic carbocycles. The topological polar surface area (TPSA) is 63.5 Å². The van der Waals surface area contributed by atoms with Gasteiger partial charge in [-0.05, 0) is 48.9 Å². The Labute approximate surface area is 186 Å². The molecule has 0 aliphatic rings. The molecule has 2 aromatic heterocycles. The lowest BCUT2D eigenvalue weighted by atomic mass is 10.2. The zero-order valence-electron chi connectivity index (χ0n) is 16.4. The minimum atomic E-state index is -0.580. The second-order valence-electron chi connectivity index (χ2n) is 6.84. The Bertz CT molecular complexity index is 1360. The Morgan fingerprint density at radius 3 is 2.77 bits per heavy atom. The van der Waals surface area contributed by atoms with Crippen LogP contribution in [0.4, 0.5) is 10.1 Å². The first-order valence-electron chi connectivity index (χ1n) is 9.38. The fourth-order valence-corrected chi connectivity index (χ4v) is 4.14. The van der Waals surface area contributed by atoms with Gasteiger partial charge in [0.25, 0.3) is 11.5 Å². The van der Waals surface area contributed by atoms with Crippen molar-refractivity contribution in [3.63, 3.8) is 0 Å². The van der Waals surface area contributed by atoms with E-state index in [0.717, 1.165) is 16.5 Å². The molecule has 0 saturated carbocycles. The number of halogens is 2. The second kappa shape index (κ2) is 8.91. The normalized spacial score (nSPS) is 10.9. The standard InChI is InChI=1S/C23H17ClFN3O2S/c1-14-5-4-10-28-21(29)12-16(26-22(14)28)13-31-20-7-3-2-6-19(20)27-23(30)15-8-9-18(25)17(24)11-15/h2-12H,13H2,1H3,(H,27,30). The van der Waals surface area contributed by atoms with Gasteiger partial charge in [-0.15, -0.1) is 11.8 Å². The van der Waals surface area contributed by atoms with Gasteiger partial charge in [-0.2, -0.15) is 0 Å². The third-order valence-electron chi connectivity index (χ3n) is 4.63. The Morgan fingerprint density at radius 1 is 1.16 bits per heavy atom. The largest absolute Gasteiger partial charge is 0.321 e. The molecule has 0 bridgehead atoms. The predicted octanol–water partition coefficient (Wildman–Crippen LogP) is 5.34. The second-order valence-corrected chi connectivity index (χ2v) is 8.26. The van der Waals surface area contributed by atoms with Crippen LogP contribution in [-0.2, 0) is 5.75 Å². The molecule has 0 unspecified atom stereocenters. The van der Waals surface area contributed by atoms with Crippen molar-refractivity contribution >= 4 is 40.6 Å². The lowest BCUT2D eigenvalue weighted by Crippen LogP contribution is -2.15. The van der Waals surface area contributed by atoms with Gasteiger partial charge in [0, 0.05) is 28.5 Å². The predicted molar refractivity (Wildman–Crippen MR) is 122 cm³/mol. The molecule has 31 heavy (non-hydrogen) atoms. The van der Waals surface area contributed by atoms with Crippen molar-refractivity contribution in [2.24, 2.45) is 0 Å². The van der Waals surface area contributed by atoms with Gasteiger partial charge >= 0.3 is 0 Å². The number of carbonyl (C=O) groups is 1. The molecule has 8 heteroatoms. The van der Waals surface area contributed by atoms with Crippen molar-refractivity contribution in [1.29, 1.82) is 0 Å². The Kier molecular flexibility index (Phi) is 6.06. The van der Waals surface area contributed by atoms with Crippen molar-refractivity contribution < 1.29 is 9.18 Å². The van der Waals surface area contributed by atoms with Crippen LogP contribution in [-0.4, -0.2) is 15.3 Å². The summed E-state index contributed by atoms with van der Waals surface area (Å²) < 4.78 is 14.9. The molecule has 4 rings (SSSR count). The van der Waals surface area contributed by atoms with E-state index < -0.39 is 11.7 Å². The summed E-state index contributed by atoms with van der Waals surface area (Å²) in [6.45, 7) is 1.91. The van der Waals surface area contributed by atoms with Crippen LogP contribution in [0.3, 0.4) is 0 Å². The molecule has 2 aromatic carbocycles. The number of carbonyl (C=O) groups excluding carboxylic acids is 1. The number of benzene rings is 2. The third kappa shape index (κ3) is 4.62. The molecule has 156 valence electrons. The van der Waals surface area contributed by atoms with E-state index in [0.29, 0.717) is 22.8 Å². The monoisotopic (exact) mass is 453 g/mol. The summed E-state index contributed by atoms with van der Waals surface area (Å²) in [5.41, 5.74) is 2.91. The lowest BCUT2D eigenvalue weighted by Gasteiger charge is -2.11. The van der Waals surface area contributed by atoms with Crippen molar-refractivity contribution in [3.8, 4) is 0 Å². The van der Waals surface area contributed by atoms with Gasteiger partial charge in [-0.3, -0.25) is 14.0 Å². The van der Waals surface area contributed by atoms with E-state index in [1.807, 2.05) is 31.2 Å². The minimum Gasteiger partial charge on any atom is -0.321 e. The summed E-state index contributed by atoms with van der Waals surface area (Å²) in [4.78, 5) is 30.4. The molecule has 5 nitrogen and oxygen atoms in total. The summed E-state index contributed by atoms with van der Waals surface area (Å²) in [6, 6.07) is 16.4. The van der Waals surface area contributed by atoms with Crippen molar-refractivity contribution in [3.05, 3.63) is 105 Å². The molecule has 0 radical (unpaired) electrons. The van der Waals surface area contributed by atoms with Crippen molar-refractivity contribution in [2.45, 2.75) is 17.6 Å². The number of hydrogen-bond donors (Lipinski definition) is 1. The van der Waals surface area contributed by atoms with Crippen LogP contribution in [0.1, 0.15) is 21.6 Å². The van der Waals surface area contributed by atoms with Crippen LogP contribution in [0.5, 0.6) is 0 Å². The summed E-state index contributed by atoms with van der Waals surface area (Å²) in [6.07, 6.45) is 1.70. The number of hydrogen-bond acceptors (Lipinski definition) is 4. The number of nitrogens with zero attached hydrogens (tertiary/aromatic N) is 2. The van der Waals surface area contributed by atoms with E-state index in [2.05, 4.69) is 10.3 Å². The Balaban J connectivity index is 1.55.